The van der Waals surface area contributed by atoms with Crippen LogP contribution in [0.15, 0.2) is 30.3 Å². The lowest BCUT2D eigenvalue weighted by molar-refractivity contribution is 0.0756. The Morgan fingerprint density at radius 3 is 2.62 bits per heavy atom. The minimum Gasteiger partial charge on any atom is -0.336 e. The number of fused-ring (bicyclic) bond motifs is 1. The van der Waals surface area contributed by atoms with Crippen LogP contribution in [0.3, 0.4) is 0 Å². The van der Waals surface area contributed by atoms with Gasteiger partial charge in [-0.15, -0.1) is 0 Å². The summed E-state index contributed by atoms with van der Waals surface area (Å²) in [5, 5.41) is 12.4. The molecule has 3 heterocycles. The summed E-state index contributed by atoms with van der Waals surface area (Å²) in [4.78, 5) is 14.7. The Hall–Kier alpha value is -2.60. The van der Waals surface area contributed by atoms with Gasteiger partial charge in [-0.3, -0.25) is 14.6 Å². The SMILES string of the molecule is Cc1c(Cl)c(C(=O)N2CCc3[nH]nc(-c4ccccc4)c3CC2)nn1C. The number of carbonyl (C=O) groups is 1. The number of halogens is 1. The largest absolute Gasteiger partial charge is 0.336 e. The number of aromatic nitrogens is 4. The average molecular weight is 370 g/mol. The van der Waals surface area contributed by atoms with E-state index in [2.05, 4.69) is 27.4 Å². The molecule has 0 fully saturated rings. The monoisotopic (exact) mass is 369 g/mol. The van der Waals surface area contributed by atoms with Gasteiger partial charge in [0.05, 0.1) is 16.4 Å². The molecule has 0 unspecified atom stereocenters. The second-order valence-corrected chi connectivity index (χ2v) is 6.94. The van der Waals surface area contributed by atoms with Crippen LogP contribution in [0.1, 0.15) is 27.4 Å². The Morgan fingerprint density at radius 2 is 1.92 bits per heavy atom. The van der Waals surface area contributed by atoms with Crippen molar-refractivity contribution in [3.05, 3.63) is 58.0 Å². The van der Waals surface area contributed by atoms with Crippen LogP contribution >= 0.6 is 11.6 Å². The molecule has 6 nitrogen and oxygen atoms in total. The first-order valence-corrected chi connectivity index (χ1v) is 9.04. The number of amides is 1. The summed E-state index contributed by atoms with van der Waals surface area (Å²) in [6.07, 6.45) is 1.50. The van der Waals surface area contributed by atoms with E-state index in [9.17, 15) is 4.79 Å². The standard InChI is InChI=1S/C19H20ClN5O/c1-12-16(20)18(23-24(12)2)19(26)25-10-8-14-15(9-11-25)21-22-17(14)13-6-4-3-5-7-13/h3-7H,8-11H2,1-2H3,(H,21,22). The van der Waals surface area contributed by atoms with Gasteiger partial charge in [0.25, 0.3) is 5.91 Å². The molecule has 134 valence electrons. The van der Waals surface area contributed by atoms with E-state index < -0.39 is 0 Å². The number of hydrogen-bond acceptors (Lipinski definition) is 3. The molecule has 1 aliphatic heterocycles. The number of nitrogens with one attached hydrogen (secondary N) is 1. The summed E-state index contributed by atoms with van der Waals surface area (Å²) < 4.78 is 1.65. The zero-order valence-corrected chi connectivity index (χ0v) is 15.5. The van der Waals surface area contributed by atoms with Crippen LogP contribution in [-0.2, 0) is 19.9 Å². The molecular weight excluding hydrogens is 350 g/mol. The van der Waals surface area contributed by atoms with Crippen molar-refractivity contribution in [1.82, 2.24) is 24.9 Å². The molecule has 3 aromatic rings. The second kappa shape index (κ2) is 6.61. The van der Waals surface area contributed by atoms with Crippen molar-refractivity contribution in [2.45, 2.75) is 19.8 Å². The zero-order valence-electron chi connectivity index (χ0n) is 14.8. The maximum Gasteiger partial charge on any atom is 0.275 e. The van der Waals surface area contributed by atoms with Crippen molar-refractivity contribution >= 4 is 17.5 Å². The Bertz CT molecular complexity index is 960. The third kappa shape index (κ3) is 2.80. The van der Waals surface area contributed by atoms with E-state index >= 15 is 0 Å². The van der Waals surface area contributed by atoms with E-state index in [0.29, 0.717) is 23.8 Å². The van der Waals surface area contributed by atoms with Crippen LogP contribution in [0, 0.1) is 6.92 Å². The lowest BCUT2D eigenvalue weighted by Gasteiger charge is -2.19. The number of aromatic amines is 1. The average Bonchev–Trinajstić information content (AvgIpc) is 3.09. The third-order valence-electron chi connectivity index (χ3n) is 5.01. The highest BCUT2D eigenvalue weighted by Crippen LogP contribution is 2.27. The first kappa shape index (κ1) is 16.8. The minimum atomic E-state index is -0.113. The van der Waals surface area contributed by atoms with Gasteiger partial charge in [-0.05, 0) is 13.3 Å². The smallest absolute Gasteiger partial charge is 0.275 e. The van der Waals surface area contributed by atoms with Gasteiger partial charge in [-0.25, -0.2) is 0 Å². The molecule has 2 aromatic heterocycles. The number of nitrogens with zero attached hydrogens (tertiary/aromatic N) is 4. The van der Waals surface area contributed by atoms with Gasteiger partial charge in [-0.1, -0.05) is 41.9 Å². The predicted molar refractivity (Wildman–Crippen MR) is 100 cm³/mol. The van der Waals surface area contributed by atoms with Gasteiger partial charge in [0.2, 0.25) is 0 Å². The highest BCUT2D eigenvalue weighted by molar-refractivity contribution is 6.34. The molecule has 1 amide bonds. The Morgan fingerprint density at radius 1 is 1.19 bits per heavy atom. The zero-order chi connectivity index (χ0) is 18.3. The van der Waals surface area contributed by atoms with Gasteiger partial charge in [-0.2, -0.15) is 10.2 Å². The Kier molecular flexibility index (Phi) is 4.28. The van der Waals surface area contributed by atoms with E-state index in [4.69, 9.17) is 11.6 Å². The van der Waals surface area contributed by atoms with Crippen LogP contribution < -0.4 is 0 Å². The molecule has 1 N–H and O–H groups in total. The van der Waals surface area contributed by atoms with Gasteiger partial charge in [0, 0.05) is 43.4 Å². The quantitative estimate of drug-likeness (QED) is 0.755. The van der Waals surface area contributed by atoms with Gasteiger partial charge in [0.1, 0.15) is 0 Å². The maximum atomic E-state index is 12.9. The number of rotatable bonds is 2. The number of H-pyrrole nitrogens is 1. The van der Waals surface area contributed by atoms with E-state index in [1.807, 2.05) is 30.0 Å². The molecule has 0 radical (unpaired) electrons. The third-order valence-corrected chi connectivity index (χ3v) is 5.47. The van der Waals surface area contributed by atoms with Crippen LogP contribution in [0.5, 0.6) is 0 Å². The van der Waals surface area contributed by atoms with E-state index in [1.165, 1.54) is 5.56 Å². The summed E-state index contributed by atoms with van der Waals surface area (Å²) in [5.41, 5.74) is 5.48. The summed E-state index contributed by atoms with van der Waals surface area (Å²) >= 11 is 6.30. The van der Waals surface area contributed by atoms with Crippen LogP contribution in [0.2, 0.25) is 5.02 Å². The van der Waals surface area contributed by atoms with Crippen molar-refractivity contribution in [1.29, 1.82) is 0 Å². The lowest BCUT2D eigenvalue weighted by atomic mass is 10.0. The number of hydrogen-bond donors (Lipinski definition) is 1. The second-order valence-electron chi connectivity index (χ2n) is 6.56. The topological polar surface area (TPSA) is 66.8 Å². The molecule has 1 aromatic carbocycles. The van der Waals surface area contributed by atoms with Gasteiger partial charge in [0.15, 0.2) is 5.69 Å². The fourth-order valence-corrected chi connectivity index (χ4v) is 3.63. The molecule has 0 spiro atoms. The molecule has 0 saturated carbocycles. The summed E-state index contributed by atoms with van der Waals surface area (Å²) in [6.45, 7) is 3.10. The number of benzene rings is 1. The first-order chi connectivity index (χ1) is 12.6. The van der Waals surface area contributed by atoms with Gasteiger partial charge < -0.3 is 4.90 Å². The normalized spacial score (nSPS) is 14.2. The van der Waals surface area contributed by atoms with E-state index in [1.54, 1.807) is 11.7 Å². The first-order valence-electron chi connectivity index (χ1n) is 8.66. The molecule has 0 aliphatic carbocycles. The van der Waals surface area contributed by atoms with Crippen molar-refractivity contribution < 1.29 is 4.79 Å². The molecule has 4 rings (SSSR count). The fourth-order valence-electron chi connectivity index (χ4n) is 3.39. The van der Waals surface area contributed by atoms with E-state index in [0.717, 1.165) is 35.5 Å². The summed E-state index contributed by atoms with van der Waals surface area (Å²) in [7, 11) is 1.79. The van der Waals surface area contributed by atoms with E-state index in [-0.39, 0.29) is 5.91 Å². The maximum absolute atomic E-state index is 12.9. The molecule has 0 bridgehead atoms. The lowest BCUT2D eigenvalue weighted by Crippen LogP contribution is -2.34. The van der Waals surface area contributed by atoms with Crippen LogP contribution in [0.25, 0.3) is 11.3 Å². The van der Waals surface area contributed by atoms with Crippen molar-refractivity contribution in [2.75, 3.05) is 13.1 Å². The molecule has 0 atom stereocenters. The molecule has 7 heteroatoms. The summed E-state index contributed by atoms with van der Waals surface area (Å²) in [6, 6.07) is 10.1. The Labute approximate surface area is 156 Å². The van der Waals surface area contributed by atoms with Crippen LogP contribution in [0.4, 0.5) is 0 Å². The number of carbonyl (C=O) groups excluding carboxylic acids is 1. The van der Waals surface area contributed by atoms with Crippen molar-refractivity contribution in [3.8, 4) is 11.3 Å². The Balaban J connectivity index is 1.58. The number of aryl methyl sites for hydroxylation is 1. The molecule has 26 heavy (non-hydrogen) atoms. The van der Waals surface area contributed by atoms with Crippen LogP contribution in [-0.4, -0.2) is 43.9 Å². The predicted octanol–water partition coefficient (Wildman–Crippen LogP) is 3.01. The highest BCUT2D eigenvalue weighted by Gasteiger charge is 2.27. The van der Waals surface area contributed by atoms with Crippen molar-refractivity contribution in [3.63, 3.8) is 0 Å². The highest BCUT2D eigenvalue weighted by atomic mass is 35.5. The fraction of sp³-hybridized carbons (Fsp3) is 0.316. The summed E-state index contributed by atoms with van der Waals surface area (Å²) in [5.74, 6) is -0.113. The van der Waals surface area contributed by atoms with Crippen molar-refractivity contribution in [2.24, 2.45) is 7.05 Å². The van der Waals surface area contributed by atoms with Gasteiger partial charge >= 0.3 is 0 Å². The molecule has 1 aliphatic rings. The minimum absolute atomic E-state index is 0.113. The molecule has 0 saturated heterocycles. The molecular formula is C19H20ClN5O.